The van der Waals surface area contributed by atoms with Crippen LogP contribution in [-0.2, 0) is 0 Å². The van der Waals surface area contributed by atoms with Gasteiger partial charge >= 0.3 is 0 Å². The molecule has 3 rings (SSSR count). The molecule has 120 valence electrons. The lowest BCUT2D eigenvalue weighted by molar-refractivity contribution is 0.197. The zero-order valence-corrected chi connectivity index (χ0v) is 14.8. The van der Waals surface area contributed by atoms with E-state index in [-0.39, 0.29) is 24.3 Å². The van der Waals surface area contributed by atoms with Gasteiger partial charge in [0, 0.05) is 41.6 Å². The maximum absolute atomic E-state index is 14.4. The van der Waals surface area contributed by atoms with Crippen molar-refractivity contribution in [1.82, 2.24) is 10.2 Å². The third-order valence-electron chi connectivity index (χ3n) is 3.65. The lowest BCUT2D eigenvalue weighted by Crippen LogP contribution is -2.45. The summed E-state index contributed by atoms with van der Waals surface area (Å²) in [6.07, 6.45) is 0. The average molecular weight is 382 g/mol. The highest BCUT2D eigenvalue weighted by Gasteiger charge is 2.29. The lowest BCUT2D eigenvalue weighted by atomic mass is 10.0. The smallest absolute Gasteiger partial charge is 0.129 e. The van der Waals surface area contributed by atoms with Gasteiger partial charge in [0.1, 0.15) is 5.82 Å². The fourth-order valence-corrected chi connectivity index (χ4v) is 4.16. The lowest BCUT2D eigenvalue weighted by Gasteiger charge is -2.35. The molecule has 22 heavy (non-hydrogen) atoms. The summed E-state index contributed by atoms with van der Waals surface area (Å²) in [6.45, 7) is 3.49. The topological polar surface area (TPSA) is 15.3 Å². The molecular formula is C15H16Cl3FN2S. The summed E-state index contributed by atoms with van der Waals surface area (Å²) in [5, 5.41) is 3.78. The van der Waals surface area contributed by atoms with E-state index in [0.717, 1.165) is 31.1 Å². The second-order valence-electron chi connectivity index (χ2n) is 4.97. The molecule has 2 nitrogen and oxygen atoms in total. The van der Waals surface area contributed by atoms with Crippen molar-refractivity contribution in [3.8, 4) is 0 Å². The Bertz CT molecular complexity index is 609. The van der Waals surface area contributed by atoms with Gasteiger partial charge in [0.15, 0.2) is 0 Å². The predicted octanol–water partition coefficient (Wildman–Crippen LogP) is 4.61. The first-order chi connectivity index (χ1) is 10.2. The van der Waals surface area contributed by atoms with Crippen molar-refractivity contribution in [2.24, 2.45) is 0 Å². The van der Waals surface area contributed by atoms with Crippen molar-refractivity contribution < 1.29 is 4.39 Å². The van der Waals surface area contributed by atoms with Crippen LogP contribution in [0.25, 0.3) is 0 Å². The highest BCUT2D eigenvalue weighted by Crippen LogP contribution is 2.39. The second kappa shape index (κ2) is 7.95. The van der Waals surface area contributed by atoms with E-state index in [4.69, 9.17) is 23.2 Å². The quantitative estimate of drug-likeness (QED) is 0.835. The van der Waals surface area contributed by atoms with E-state index in [0.29, 0.717) is 14.9 Å². The van der Waals surface area contributed by atoms with Crippen LogP contribution in [0.2, 0.25) is 9.36 Å². The van der Waals surface area contributed by atoms with Crippen LogP contribution in [0.4, 0.5) is 4.39 Å². The molecule has 1 aromatic carbocycles. The van der Waals surface area contributed by atoms with Crippen LogP contribution < -0.4 is 5.32 Å². The largest absolute Gasteiger partial charge is 0.314 e. The average Bonchev–Trinajstić information content (AvgIpc) is 2.90. The highest BCUT2D eigenvalue weighted by molar-refractivity contribution is 7.16. The van der Waals surface area contributed by atoms with Gasteiger partial charge in [-0.05, 0) is 24.3 Å². The zero-order chi connectivity index (χ0) is 14.8. The molecule has 1 aliphatic heterocycles. The summed E-state index contributed by atoms with van der Waals surface area (Å²) in [6, 6.07) is 8.47. The van der Waals surface area contributed by atoms with Crippen molar-refractivity contribution in [3.05, 3.63) is 55.9 Å². The van der Waals surface area contributed by atoms with E-state index >= 15 is 0 Å². The third-order valence-corrected chi connectivity index (χ3v) is 5.27. The first-order valence-electron chi connectivity index (χ1n) is 6.81. The number of benzene rings is 1. The molecule has 0 bridgehead atoms. The monoisotopic (exact) mass is 380 g/mol. The Morgan fingerprint density at radius 1 is 1.14 bits per heavy atom. The molecule has 0 amide bonds. The van der Waals surface area contributed by atoms with Crippen LogP contribution in [0, 0.1) is 5.82 Å². The Hall–Kier alpha value is -0.360. The second-order valence-corrected chi connectivity index (χ2v) is 7.12. The number of piperazine rings is 1. The summed E-state index contributed by atoms with van der Waals surface area (Å²) in [5.41, 5.74) is 0.541. The maximum atomic E-state index is 14.4. The third kappa shape index (κ3) is 3.75. The molecule has 0 radical (unpaired) electrons. The van der Waals surface area contributed by atoms with Gasteiger partial charge in [0.05, 0.1) is 10.4 Å². The molecule has 1 aromatic heterocycles. The van der Waals surface area contributed by atoms with Gasteiger partial charge in [-0.3, -0.25) is 4.90 Å². The number of rotatable bonds is 3. The summed E-state index contributed by atoms with van der Waals surface area (Å²) in [4.78, 5) is 3.28. The van der Waals surface area contributed by atoms with Gasteiger partial charge in [-0.1, -0.05) is 29.3 Å². The van der Waals surface area contributed by atoms with Gasteiger partial charge in [-0.25, -0.2) is 4.39 Å². The maximum Gasteiger partial charge on any atom is 0.129 e. The molecule has 1 saturated heterocycles. The predicted molar refractivity (Wildman–Crippen MR) is 94.3 cm³/mol. The summed E-state index contributed by atoms with van der Waals surface area (Å²) >= 11 is 13.8. The minimum Gasteiger partial charge on any atom is -0.314 e. The molecular weight excluding hydrogens is 366 g/mol. The minimum atomic E-state index is -0.268. The van der Waals surface area contributed by atoms with E-state index in [1.807, 2.05) is 12.1 Å². The molecule has 2 aromatic rings. The molecule has 2 heterocycles. The number of nitrogens with zero attached hydrogens (tertiary/aromatic N) is 1. The first kappa shape index (κ1) is 18.0. The molecule has 1 N–H and O–H groups in total. The highest BCUT2D eigenvalue weighted by atomic mass is 35.5. The Labute approximate surface area is 149 Å². The van der Waals surface area contributed by atoms with Crippen molar-refractivity contribution in [3.63, 3.8) is 0 Å². The van der Waals surface area contributed by atoms with Crippen molar-refractivity contribution in [1.29, 1.82) is 0 Å². The van der Waals surface area contributed by atoms with Crippen molar-refractivity contribution >= 4 is 46.9 Å². The van der Waals surface area contributed by atoms with Crippen LogP contribution >= 0.6 is 46.9 Å². The minimum absolute atomic E-state index is 0. The van der Waals surface area contributed by atoms with Crippen LogP contribution in [-0.4, -0.2) is 31.1 Å². The molecule has 7 heteroatoms. The molecule has 1 fully saturated rings. The SMILES string of the molecule is Cl.Fc1cccc(Cl)c1[C@@H](c1ccc(Cl)s1)N1CCNCC1. The van der Waals surface area contributed by atoms with Crippen LogP contribution in [0.5, 0.6) is 0 Å². The fourth-order valence-electron chi connectivity index (χ4n) is 2.69. The molecule has 1 aliphatic rings. The van der Waals surface area contributed by atoms with E-state index in [2.05, 4.69) is 10.2 Å². The van der Waals surface area contributed by atoms with Crippen LogP contribution in [0.15, 0.2) is 30.3 Å². The summed E-state index contributed by atoms with van der Waals surface area (Å²) in [7, 11) is 0. The molecule has 0 aliphatic carbocycles. The van der Waals surface area contributed by atoms with Crippen molar-refractivity contribution in [2.75, 3.05) is 26.2 Å². The summed E-state index contributed by atoms with van der Waals surface area (Å²) < 4.78 is 15.1. The molecule has 1 atom stereocenters. The fraction of sp³-hybridized carbons (Fsp3) is 0.333. The van der Waals surface area contributed by atoms with E-state index < -0.39 is 0 Å². The van der Waals surface area contributed by atoms with Gasteiger partial charge in [0.25, 0.3) is 0 Å². The Morgan fingerprint density at radius 2 is 1.86 bits per heavy atom. The van der Waals surface area contributed by atoms with Gasteiger partial charge in [0.2, 0.25) is 0 Å². The Kier molecular flexibility index (Phi) is 6.50. The molecule has 0 saturated carbocycles. The number of hydrogen-bond acceptors (Lipinski definition) is 3. The van der Waals surface area contributed by atoms with Crippen LogP contribution in [0.3, 0.4) is 0 Å². The van der Waals surface area contributed by atoms with E-state index in [1.165, 1.54) is 17.4 Å². The standard InChI is InChI=1S/C15H15Cl2FN2S.ClH/c16-10-2-1-3-11(18)14(10)15(12-4-5-13(17)21-12)20-8-6-19-7-9-20;/h1-5,15,19H,6-9H2;1H/t15-;/m1./s1. The number of halogens is 4. The van der Waals surface area contributed by atoms with E-state index in [1.54, 1.807) is 12.1 Å². The van der Waals surface area contributed by atoms with E-state index in [9.17, 15) is 4.39 Å². The van der Waals surface area contributed by atoms with Crippen LogP contribution in [0.1, 0.15) is 16.5 Å². The van der Waals surface area contributed by atoms with Crippen molar-refractivity contribution in [2.45, 2.75) is 6.04 Å². The van der Waals surface area contributed by atoms with Gasteiger partial charge in [-0.2, -0.15) is 0 Å². The number of thiophene rings is 1. The zero-order valence-electron chi connectivity index (χ0n) is 11.7. The summed E-state index contributed by atoms with van der Waals surface area (Å²) in [5.74, 6) is -0.268. The normalized spacial score (nSPS) is 17.0. The molecule has 0 spiro atoms. The Balaban J connectivity index is 0.00000176. The van der Waals surface area contributed by atoms with Gasteiger partial charge in [-0.15, -0.1) is 23.7 Å². The molecule has 0 unspecified atom stereocenters. The first-order valence-corrected chi connectivity index (χ1v) is 8.38. The Morgan fingerprint density at radius 3 is 2.45 bits per heavy atom. The van der Waals surface area contributed by atoms with Gasteiger partial charge < -0.3 is 5.32 Å². The number of hydrogen-bond donors (Lipinski definition) is 1. The number of nitrogens with one attached hydrogen (secondary N) is 1.